The van der Waals surface area contributed by atoms with E-state index >= 15 is 0 Å². The van der Waals surface area contributed by atoms with E-state index in [4.69, 9.17) is 9.47 Å². The number of benzene rings is 1. The molecule has 1 aromatic heterocycles. The molecule has 1 heterocycles. The van der Waals surface area contributed by atoms with Gasteiger partial charge in [0.2, 0.25) is 0 Å². The quantitative estimate of drug-likeness (QED) is 0.809. The lowest BCUT2D eigenvalue weighted by Crippen LogP contribution is -2.26. The number of methoxy groups -OCH3 is 2. The number of aryl methyl sites for hydroxylation is 1. The first kappa shape index (κ1) is 16.7. The fourth-order valence-corrected chi connectivity index (χ4v) is 3.10. The van der Waals surface area contributed by atoms with Gasteiger partial charge >= 0.3 is 0 Å². The Morgan fingerprint density at radius 3 is 2.64 bits per heavy atom. The van der Waals surface area contributed by atoms with Crippen LogP contribution in [0.15, 0.2) is 23.7 Å². The van der Waals surface area contributed by atoms with Crippen LogP contribution >= 0.6 is 11.3 Å². The Morgan fingerprint density at radius 2 is 2.05 bits per heavy atom. The summed E-state index contributed by atoms with van der Waals surface area (Å²) in [7, 11) is 3.31. The number of hydrogen-bond acceptors (Lipinski definition) is 6. The van der Waals surface area contributed by atoms with Gasteiger partial charge in [0.15, 0.2) is 0 Å². The number of rotatable bonds is 8. The number of thiazole rings is 1. The van der Waals surface area contributed by atoms with Crippen molar-refractivity contribution in [3.63, 3.8) is 0 Å². The van der Waals surface area contributed by atoms with Gasteiger partial charge in [-0.25, -0.2) is 4.98 Å². The molecule has 0 unspecified atom stereocenters. The molecule has 6 heteroatoms. The Kier molecular flexibility index (Phi) is 6.18. The number of ether oxygens (including phenoxy) is 2. The molecule has 1 N–H and O–H groups in total. The van der Waals surface area contributed by atoms with Crippen molar-refractivity contribution in [3.8, 4) is 11.5 Å². The molecule has 5 nitrogen and oxygen atoms in total. The standard InChI is InChI=1S/C16H22N2O3S/c1-12-16(22-11-17-12)10-18(6-7-19)9-13-8-14(20-2)4-5-15(13)21-3/h4-5,8,11,19H,6-7,9-10H2,1-3H3. The summed E-state index contributed by atoms with van der Waals surface area (Å²) < 4.78 is 10.7. The van der Waals surface area contributed by atoms with Gasteiger partial charge in [-0.05, 0) is 25.1 Å². The van der Waals surface area contributed by atoms with Gasteiger partial charge in [0.25, 0.3) is 0 Å². The smallest absolute Gasteiger partial charge is 0.123 e. The maximum atomic E-state index is 9.33. The molecular formula is C16H22N2O3S. The summed E-state index contributed by atoms with van der Waals surface area (Å²) in [6.45, 7) is 4.16. The molecule has 0 aliphatic carbocycles. The second-order valence-corrected chi connectivity index (χ2v) is 5.91. The molecule has 1 aromatic carbocycles. The molecule has 120 valence electrons. The number of hydrogen-bond donors (Lipinski definition) is 1. The van der Waals surface area contributed by atoms with Gasteiger partial charge in [0.05, 0.1) is 32.0 Å². The van der Waals surface area contributed by atoms with E-state index in [1.165, 1.54) is 4.88 Å². The minimum Gasteiger partial charge on any atom is -0.497 e. The van der Waals surface area contributed by atoms with Gasteiger partial charge in [-0.1, -0.05) is 0 Å². The Labute approximate surface area is 135 Å². The normalized spacial score (nSPS) is 11.0. The summed E-state index contributed by atoms with van der Waals surface area (Å²) >= 11 is 1.64. The largest absolute Gasteiger partial charge is 0.497 e. The number of aliphatic hydroxyl groups is 1. The van der Waals surface area contributed by atoms with Crippen LogP contribution in [0.1, 0.15) is 16.1 Å². The van der Waals surface area contributed by atoms with Crippen LogP contribution in [0.2, 0.25) is 0 Å². The van der Waals surface area contributed by atoms with Crippen molar-refractivity contribution in [1.82, 2.24) is 9.88 Å². The van der Waals surface area contributed by atoms with Crippen LogP contribution in [0.4, 0.5) is 0 Å². The Bertz CT molecular complexity index is 601. The lowest BCUT2D eigenvalue weighted by molar-refractivity contribution is 0.183. The zero-order chi connectivity index (χ0) is 15.9. The third kappa shape index (κ3) is 4.19. The number of nitrogens with zero attached hydrogens (tertiary/aromatic N) is 2. The lowest BCUT2D eigenvalue weighted by atomic mass is 10.1. The first-order chi connectivity index (χ1) is 10.7. The monoisotopic (exact) mass is 322 g/mol. The van der Waals surface area contributed by atoms with Crippen molar-refractivity contribution < 1.29 is 14.6 Å². The van der Waals surface area contributed by atoms with Crippen LogP contribution in [-0.4, -0.2) is 42.4 Å². The molecule has 2 rings (SSSR count). The molecule has 0 fully saturated rings. The summed E-state index contributed by atoms with van der Waals surface area (Å²) in [6.07, 6.45) is 0. The van der Waals surface area contributed by atoms with Crippen LogP contribution in [0.3, 0.4) is 0 Å². The minimum absolute atomic E-state index is 0.115. The highest BCUT2D eigenvalue weighted by atomic mass is 32.1. The molecule has 0 bridgehead atoms. The maximum absolute atomic E-state index is 9.33. The summed E-state index contributed by atoms with van der Waals surface area (Å²) in [5, 5.41) is 9.33. The predicted octanol–water partition coefficient (Wildman–Crippen LogP) is 2.46. The molecule has 0 saturated heterocycles. The van der Waals surface area contributed by atoms with Crippen molar-refractivity contribution in [2.24, 2.45) is 0 Å². The lowest BCUT2D eigenvalue weighted by Gasteiger charge is -2.22. The number of aromatic nitrogens is 1. The molecule has 0 atom stereocenters. The zero-order valence-corrected chi connectivity index (χ0v) is 14.0. The summed E-state index contributed by atoms with van der Waals surface area (Å²) in [5.41, 5.74) is 3.94. The first-order valence-electron chi connectivity index (χ1n) is 7.11. The molecule has 0 spiro atoms. The molecular weight excluding hydrogens is 300 g/mol. The van der Waals surface area contributed by atoms with Gasteiger partial charge in [-0.3, -0.25) is 4.90 Å². The van der Waals surface area contributed by atoms with E-state index in [0.717, 1.165) is 29.3 Å². The summed E-state index contributed by atoms with van der Waals surface area (Å²) in [4.78, 5) is 7.68. The molecule has 0 aliphatic rings. The van der Waals surface area contributed by atoms with Crippen molar-refractivity contribution in [2.45, 2.75) is 20.0 Å². The van der Waals surface area contributed by atoms with Crippen molar-refractivity contribution >= 4 is 11.3 Å². The Morgan fingerprint density at radius 1 is 1.23 bits per heavy atom. The minimum atomic E-state index is 0.115. The molecule has 22 heavy (non-hydrogen) atoms. The Balaban J connectivity index is 2.18. The third-order valence-electron chi connectivity index (χ3n) is 3.51. The highest BCUT2D eigenvalue weighted by Gasteiger charge is 2.13. The molecule has 0 radical (unpaired) electrons. The van der Waals surface area contributed by atoms with Crippen LogP contribution in [-0.2, 0) is 13.1 Å². The van der Waals surface area contributed by atoms with Crippen LogP contribution in [0.5, 0.6) is 11.5 Å². The van der Waals surface area contributed by atoms with E-state index in [1.54, 1.807) is 25.6 Å². The average Bonchev–Trinajstić information content (AvgIpc) is 2.92. The second-order valence-electron chi connectivity index (χ2n) is 4.97. The predicted molar refractivity (Wildman–Crippen MR) is 87.6 cm³/mol. The zero-order valence-electron chi connectivity index (χ0n) is 13.2. The van der Waals surface area contributed by atoms with Crippen LogP contribution in [0, 0.1) is 6.92 Å². The summed E-state index contributed by atoms with van der Waals surface area (Å²) in [5.74, 6) is 1.62. The van der Waals surface area contributed by atoms with E-state index in [0.29, 0.717) is 13.1 Å². The first-order valence-corrected chi connectivity index (χ1v) is 7.99. The fraction of sp³-hybridized carbons (Fsp3) is 0.438. The van der Waals surface area contributed by atoms with E-state index < -0.39 is 0 Å². The third-order valence-corrected chi connectivity index (χ3v) is 4.43. The SMILES string of the molecule is COc1ccc(OC)c(CN(CCO)Cc2scnc2C)c1. The van der Waals surface area contributed by atoms with Gasteiger partial charge in [0.1, 0.15) is 11.5 Å². The van der Waals surface area contributed by atoms with Gasteiger partial charge in [-0.15, -0.1) is 11.3 Å². The molecule has 2 aromatic rings. The van der Waals surface area contributed by atoms with Crippen LogP contribution < -0.4 is 9.47 Å². The molecule has 0 aliphatic heterocycles. The Hall–Kier alpha value is -1.63. The summed E-state index contributed by atoms with van der Waals surface area (Å²) in [6, 6.07) is 5.76. The molecule has 0 amide bonds. The van der Waals surface area contributed by atoms with E-state index in [2.05, 4.69) is 9.88 Å². The highest BCUT2D eigenvalue weighted by molar-refractivity contribution is 7.09. The van der Waals surface area contributed by atoms with Gasteiger partial charge in [-0.2, -0.15) is 0 Å². The van der Waals surface area contributed by atoms with Crippen molar-refractivity contribution in [2.75, 3.05) is 27.4 Å². The van der Waals surface area contributed by atoms with Crippen molar-refractivity contribution in [1.29, 1.82) is 0 Å². The second kappa shape index (κ2) is 8.12. The molecule has 0 saturated carbocycles. The van der Waals surface area contributed by atoms with E-state index in [1.807, 2.05) is 30.6 Å². The van der Waals surface area contributed by atoms with Gasteiger partial charge < -0.3 is 14.6 Å². The van der Waals surface area contributed by atoms with E-state index in [-0.39, 0.29) is 6.61 Å². The maximum Gasteiger partial charge on any atom is 0.123 e. The number of aliphatic hydroxyl groups excluding tert-OH is 1. The van der Waals surface area contributed by atoms with Crippen LogP contribution in [0.25, 0.3) is 0 Å². The average molecular weight is 322 g/mol. The van der Waals surface area contributed by atoms with Crippen molar-refractivity contribution in [3.05, 3.63) is 39.8 Å². The topological polar surface area (TPSA) is 54.8 Å². The van der Waals surface area contributed by atoms with Gasteiger partial charge in [0, 0.05) is 30.1 Å². The fourth-order valence-electron chi connectivity index (χ4n) is 2.28. The van der Waals surface area contributed by atoms with E-state index in [9.17, 15) is 5.11 Å². The highest BCUT2D eigenvalue weighted by Crippen LogP contribution is 2.26.